The summed E-state index contributed by atoms with van der Waals surface area (Å²) in [5, 5.41) is 5.03. The van der Waals surface area contributed by atoms with Crippen LogP contribution in [0.2, 0.25) is 13.1 Å². The van der Waals surface area contributed by atoms with Gasteiger partial charge in [-0.05, 0) is 0 Å². The van der Waals surface area contributed by atoms with Gasteiger partial charge < -0.3 is 0 Å². The SMILES string of the molecule is CC1=Cc2c(-c3cccc4ccccc34)ccc(C)c2[CH]1[Zr]([Cl])([Cl])([CH]1C(c2c(C)cccc2C)=Cc2c(-c3cccc4ccccc34)cccc21)[SiH](C)C. The predicted octanol–water partition coefficient (Wildman–Crippen LogP) is 15.0. The van der Waals surface area contributed by atoms with Crippen molar-refractivity contribution in [2.24, 2.45) is 0 Å². The molecule has 0 fully saturated rings. The average molecular weight is 836 g/mol. The van der Waals surface area contributed by atoms with Crippen LogP contribution in [0.4, 0.5) is 0 Å². The third-order valence-corrected chi connectivity index (χ3v) is 64.7. The van der Waals surface area contributed by atoms with Crippen molar-refractivity contribution in [3.05, 3.63) is 184 Å². The molecule has 0 saturated heterocycles. The molecule has 4 heteroatoms. The van der Waals surface area contributed by atoms with E-state index >= 15 is 0 Å². The van der Waals surface area contributed by atoms with Gasteiger partial charge >= 0.3 is 332 Å². The quantitative estimate of drug-likeness (QED) is 0.146. The van der Waals surface area contributed by atoms with Crippen LogP contribution in [0.5, 0.6) is 0 Å². The van der Waals surface area contributed by atoms with Crippen LogP contribution < -0.4 is 0 Å². The van der Waals surface area contributed by atoms with Gasteiger partial charge in [-0.1, -0.05) is 0 Å². The molecule has 267 valence electrons. The van der Waals surface area contributed by atoms with E-state index in [1.54, 1.807) is 0 Å². The number of hydrogen-bond acceptors (Lipinski definition) is 0. The summed E-state index contributed by atoms with van der Waals surface area (Å²) < 4.78 is -0.0673. The van der Waals surface area contributed by atoms with Gasteiger partial charge in [0.15, 0.2) is 0 Å². The molecule has 0 radical (unpaired) electrons. The molecule has 0 amide bonds. The summed E-state index contributed by atoms with van der Waals surface area (Å²) in [6, 6.07) is 49.1. The van der Waals surface area contributed by atoms with Crippen molar-refractivity contribution < 1.29 is 15.6 Å². The van der Waals surface area contributed by atoms with Crippen LogP contribution in [0.3, 0.4) is 0 Å². The summed E-state index contributed by atoms with van der Waals surface area (Å²) in [5.74, 6) is -1.79. The van der Waals surface area contributed by atoms with Crippen molar-refractivity contribution in [1.82, 2.24) is 0 Å². The fourth-order valence-electron chi connectivity index (χ4n) is 10.2. The van der Waals surface area contributed by atoms with Crippen LogP contribution >= 0.6 is 17.0 Å². The molecular formula is C50H45Cl2SiZr. The van der Waals surface area contributed by atoms with Crippen molar-refractivity contribution >= 4 is 62.2 Å². The fourth-order valence-corrected chi connectivity index (χ4v) is 41.7. The third kappa shape index (κ3) is 5.24. The minimum absolute atomic E-state index is 0.00347. The number of halogens is 2. The molecule has 0 aromatic heterocycles. The second kappa shape index (κ2) is 13.2. The van der Waals surface area contributed by atoms with E-state index < -0.39 is 21.5 Å². The van der Waals surface area contributed by atoms with E-state index in [0.29, 0.717) is 0 Å². The van der Waals surface area contributed by atoms with Gasteiger partial charge in [0.25, 0.3) is 0 Å². The van der Waals surface area contributed by atoms with E-state index in [-0.39, 0.29) is 7.25 Å². The first-order chi connectivity index (χ1) is 26.0. The monoisotopic (exact) mass is 833 g/mol. The van der Waals surface area contributed by atoms with Gasteiger partial charge in [0.05, 0.1) is 0 Å². The van der Waals surface area contributed by atoms with E-state index in [1.165, 1.54) is 99.5 Å². The molecule has 0 N–H and O–H groups in total. The number of hydrogen-bond donors (Lipinski definition) is 0. The second-order valence-corrected chi connectivity index (χ2v) is 58.6. The maximum absolute atomic E-state index is 8.96. The van der Waals surface area contributed by atoms with Crippen LogP contribution in [-0.4, -0.2) is 5.92 Å². The van der Waals surface area contributed by atoms with Crippen molar-refractivity contribution in [2.75, 3.05) is 0 Å². The summed E-state index contributed by atoms with van der Waals surface area (Å²) >= 11 is -5.13. The summed E-state index contributed by atoms with van der Waals surface area (Å²) in [6.07, 6.45) is 4.94. The Kier molecular flexibility index (Phi) is 8.75. The second-order valence-electron chi connectivity index (χ2n) is 16.1. The van der Waals surface area contributed by atoms with Gasteiger partial charge in [-0.2, -0.15) is 0 Å². The van der Waals surface area contributed by atoms with Gasteiger partial charge in [0, 0.05) is 0 Å². The fraction of sp³-hybridized carbons (Fsp3) is 0.160. The van der Waals surface area contributed by atoms with E-state index in [9.17, 15) is 0 Å². The Morgan fingerprint density at radius 1 is 0.481 bits per heavy atom. The molecule has 2 atom stereocenters. The van der Waals surface area contributed by atoms with Gasteiger partial charge in [0.1, 0.15) is 0 Å². The zero-order valence-corrected chi connectivity index (χ0v) is 37.0. The van der Waals surface area contributed by atoms with E-state index in [2.05, 4.69) is 186 Å². The molecule has 0 heterocycles. The molecule has 7 aromatic rings. The maximum atomic E-state index is 8.96. The normalized spacial score (nSPS) is 17.3. The van der Waals surface area contributed by atoms with E-state index in [0.717, 1.165) is 0 Å². The molecule has 54 heavy (non-hydrogen) atoms. The van der Waals surface area contributed by atoms with Crippen LogP contribution in [0.25, 0.3) is 61.5 Å². The molecular weight excluding hydrogens is 791 g/mol. The summed E-state index contributed by atoms with van der Waals surface area (Å²) in [4.78, 5) is 0. The number of rotatable bonds is 6. The van der Waals surface area contributed by atoms with E-state index in [1.807, 2.05) is 0 Å². The molecule has 2 aliphatic rings. The van der Waals surface area contributed by atoms with Crippen molar-refractivity contribution in [3.63, 3.8) is 0 Å². The zero-order valence-electron chi connectivity index (χ0n) is 31.8. The first-order valence-corrected chi connectivity index (χ1v) is 35.6. The average Bonchev–Trinajstić information content (AvgIpc) is 3.74. The first kappa shape index (κ1) is 35.9. The molecule has 2 unspecified atom stereocenters. The molecule has 9 rings (SSSR count). The van der Waals surface area contributed by atoms with Crippen LogP contribution in [0.15, 0.2) is 139 Å². The van der Waals surface area contributed by atoms with Crippen LogP contribution in [0.1, 0.15) is 58.7 Å². The minimum atomic E-state index is -5.13. The van der Waals surface area contributed by atoms with Gasteiger partial charge in [-0.25, -0.2) is 0 Å². The Bertz CT molecular complexity index is 2720. The Morgan fingerprint density at radius 2 is 1.00 bits per heavy atom. The molecule has 0 nitrogen and oxygen atoms in total. The van der Waals surface area contributed by atoms with Gasteiger partial charge in [0.2, 0.25) is 0 Å². The number of benzene rings is 7. The third-order valence-electron chi connectivity index (χ3n) is 12.8. The van der Waals surface area contributed by atoms with Crippen molar-refractivity contribution in [3.8, 4) is 22.3 Å². The summed E-state index contributed by atoms with van der Waals surface area (Å²) in [5.41, 5.74) is 18.0. The molecule has 2 aliphatic carbocycles. The molecule has 7 aromatic carbocycles. The Hall–Kier alpha value is -3.78. The number of fused-ring (bicyclic) bond motifs is 4. The molecule has 0 saturated carbocycles. The number of aryl methyl sites for hydroxylation is 3. The molecule has 0 aliphatic heterocycles. The molecule has 0 spiro atoms. The Labute approximate surface area is 329 Å². The summed E-state index contributed by atoms with van der Waals surface area (Å²) in [6.45, 7) is 14.0. The van der Waals surface area contributed by atoms with E-state index in [4.69, 9.17) is 17.0 Å². The van der Waals surface area contributed by atoms with Gasteiger partial charge in [-0.3, -0.25) is 0 Å². The van der Waals surface area contributed by atoms with Crippen LogP contribution in [-0.2, 0) is 15.6 Å². The van der Waals surface area contributed by atoms with Crippen molar-refractivity contribution in [1.29, 1.82) is 0 Å². The van der Waals surface area contributed by atoms with Gasteiger partial charge in [-0.15, -0.1) is 0 Å². The zero-order chi connectivity index (χ0) is 37.5. The topological polar surface area (TPSA) is 0 Å². The predicted molar refractivity (Wildman–Crippen MR) is 237 cm³/mol. The Balaban J connectivity index is 1.33. The van der Waals surface area contributed by atoms with Crippen molar-refractivity contribution in [2.45, 2.75) is 48.0 Å². The summed E-state index contributed by atoms with van der Waals surface area (Å²) in [7, 11) is 17.9. The first-order valence-electron chi connectivity index (χ1n) is 19.2. The Morgan fingerprint density at radius 3 is 1.61 bits per heavy atom. The standard InChI is InChI=1S/C27H21.C21H17.C2H7Si.2ClH.Zr/c1-18-8-5-9-19(2)27(18)22-16-21-12-7-15-25(26(21)17-22)24-14-6-11-20-10-3-4-13-23(20)24;1-14-12-20-15(2)10-11-19(21(20)13-14)18-9-5-7-16-6-3-4-8-17(16)18;1-3-2;;;/h3-17H,1-2H3;3-13H,1-2H3;3H,1-2H3;2*1H;/q;;;;;+2/p-2. The number of allylic oxidation sites excluding steroid dienone is 2. The molecule has 0 bridgehead atoms. The van der Waals surface area contributed by atoms with Crippen LogP contribution in [0, 0.1) is 20.8 Å².